The Morgan fingerprint density at radius 2 is 1.62 bits per heavy atom. The van der Waals surface area contributed by atoms with Crippen LogP contribution in [-0.4, -0.2) is 60.5 Å². The monoisotopic (exact) mass is 593 g/mol. The van der Waals surface area contributed by atoms with Gasteiger partial charge in [-0.1, -0.05) is 35.9 Å². The van der Waals surface area contributed by atoms with E-state index in [1.165, 1.54) is 47.8 Å². The van der Waals surface area contributed by atoms with Crippen LogP contribution in [0.15, 0.2) is 76.5 Å². The Morgan fingerprint density at radius 1 is 0.949 bits per heavy atom. The third-order valence-electron chi connectivity index (χ3n) is 6.05. The lowest BCUT2D eigenvalue weighted by Crippen LogP contribution is -2.40. The summed E-state index contributed by atoms with van der Waals surface area (Å²) in [6.45, 7) is 1.35. The van der Waals surface area contributed by atoms with Gasteiger partial charge in [0.25, 0.3) is 10.0 Å². The van der Waals surface area contributed by atoms with Gasteiger partial charge < -0.3 is 14.8 Å². The molecular weight excluding hydrogens is 566 g/mol. The van der Waals surface area contributed by atoms with Crippen molar-refractivity contribution < 1.29 is 31.1 Å². The molecule has 3 aromatic carbocycles. The van der Waals surface area contributed by atoms with Crippen LogP contribution in [0.25, 0.3) is 0 Å². The van der Waals surface area contributed by atoms with Gasteiger partial charge in [-0.15, -0.1) is 0 Å². The highest BCUT2D eigenvalue weighted by Crippen LogP contribution is 2.30. The van der Waals surface area contributed by atoms with Crippen LogP contribution in [0, 0.1) is 0 Å². The Morgan fingerprint density at radius 3 is 2.28 bits per heavy atom. The molecule has 0 unspecified atom stereocenters. The maximum Gasteiger partial charge on any atom is 0.262 e. The van der Waals surface area contributed by atoms with Crippen molar-refractivity contribution in [1.82, 2.24) is 4.31 Å². The summed E-state index contributed by atoms with van der Waals surface area (Å²) in [5.41, 5.74) is 1.19. The normalized spacial score (nSPS) is 14.5. The number of hydrogen-bond donors (Lipinski definition) is 2. The zero-order valence-corrected chi connectivity index (χ0v) is 23.5. The molecule has 39 heavy (non-hydrogen) atoms. The van der Waals surface area contributed by atoms with E-state index in [2.05, 4.69) is 10.0 Å². The van der Waals surface area contributed by atoms with Gasteiger partial charge in [-0.2, -0.15) is 4.31 Å². The molecule has 10 nitrogen and oxygen atoms in total. The molecule has 1 aliphatic heterocycles. The molecule has 208 valence electrons. The number of nitrogens with one attached hydrogen (secondary N) is 2. The van der Waals surface area contributed by atoms with Crippen LogP contribution in [0.3, 0.4) is 0 Å². The van der Waals surface area contributed by atoms with Crippen molar-refractivity contribution in [2.75, 3.05) is 43.5 Å². The third kappa shape index (κ3) is 7.08. The van der Waals surface area contributed by atoms with E-state index in [4.69, 9.17) is 21.1 Å². The van der Waals surface area contributed by atoms with Crippen LogP contribution in [0.5, 0.6) is 5.75 Å². The number of methoxy groups -OCH3 is 1. The molecule has 0 spiro atoms. The van der Waals surface area contributed by atoms with Crippen molar-refractivity contribution in [2.24, 2.45) is 0 Å². The third-order valence-corrected chi connectivity index (χ3v) is 9.65. The molecule has 0 aliphatic carbocycles. The number of sulfonamides is 2. The molecular formula is C26H28ClN3O7S2. The van der Waals surface area contributed by atoms with Crippen molar-refractivity contribution >= 4 is 48.9 Å². The van der Waals surface area contributed by atoms with E-state index in [-0.39, 0.29) is 44.3 Å². The van der Waals surface area contributed by atoms with Crippen LogP contribution in [0.1, 0.15) is 12.0 Å². The van der Waals surface area contributed by atoms with Crippen molar-refractivity contribution in [3.8, 4) is 5.75 Å². The van der Waals surface area contributed by atoms with Crippen LogP contribution < -0.4 is 14.8 Å². The summed E-state index contributed by atoms with van der Waals surface area (Å²) in [7, 11) is -6.19. The van der Waals surface area contributed by atoms with Crippen molar-refractivity contribution in [1.29, 1.82) is 0 Å². The van der Waals surface area contributed by atoms with Gasteiger partial charge in [0.1, 0.15) is 5.75 Å². The van der Waals surface area contributed by atoms with E-state index in [0.717, 1.165) is 5.56 Å². The molecule has 0 radical (unpaired) electrons. The number of ether oxygens (including phenoxy) is 2. The summed E-state index contributed by atoms with van der Waals surface area (Å²) in [4.78, 5) is 12.8. The average molecular weight is 594 g/mol. The molecule has 1 aliphatic rings. The van der Waals surface area contributed by atoms with E-state index in [0.29, 0.717) is 32.7 Å². The number of carbonyl (C=O) groups is 1. The predicted molar refractivity (Wildman–Crippen MR) is 148 cm³/mol. The van der Waals surface area contributed by atoms with Crippen LogP contribution in [-0.2, 0) is 36.0 Å². The van der Waals surface area contributed by atoms with Crippen molar-refractivity contribution in [3.63, 3.8) is 0 Å². The maximum absolute atomic E-state index is 12.9. The number of anilines is 2. The lowest BCUT2D eigenvalue weighted by atomic mass is 10.1. The number of rotatable bonds is 10. The zero-order chi connectivity index (χ0) is 28.0. The maximum atomic E-state index is 12.9. The quantitative estimate of drug-likeness (QED) is 0.366. The van der Waals surface area contributed by atoms with E-state index < -0.39 is 20.0 Å². The number of benzene rings is 3. The Hall–Kier alpha value is -3.16. The molecule has 3 aromatic rings. The van der Waals surface area contributed by atoms with E-state index in [1.54, 1.807) is 30.3 Å². The standard InChI is InChI=1S/C26H28ClN3O7S2/c1-36-25-12-11-21(38(32,33)29-23-5-3-2-4-22(23)27)18-24(25)28-26(31)13-8-19-6-9-20(10-7-19)39(34,35)30-14-16-37-17-15-30/h2-7,9-12,18,29H,8,13-17H2,1H3,(H,28,31). The number of para-hydroxylation sites is 1. The summed E-state index contributed by atoms with van der Waals surface area (Å²) < 4.78 is 65.8. The first-order valence-electron chi connectivity index (χ1n) is 12.0. The minimum Gasteiger partial charge on any atom is -0.495 e. The molecule has 13 heteroatoms. The SMILES string of the molecule is COc1ccc(S(=O)(=O)Nc2ccccc2Cl)cc1NC(=O)CCc1ccc(S(=O)(=O)N2CCOCC2)cc1. The van der Waals surface area contributed by atoms with Crippen LogP contribution in [0.2, 0.25) is 5.02 Å². The number of morpholine rings is 1. The highest BCUT2D eigenvalue weighted by atomic mass is 35.5. The average Bonchev–Trinajstić information content (AvgIpc) is 2.94. The Labute approximate surface area is 233 Å². The van der Waals surface area contributed by atoms with Gasteiger partial charge in [0.15, 0.2) is 0 Å². The van der Waals surface area contributed by atoms with Gasteiger partial charge in [0.05, 0.1) is 46.5 Å². The summed E-state index contributed by atoms with van der Waals surface area (Å²) in [5, 5.41) is 2.95. The van der Waals surface area contributed by atoms with Crippen molar-refractivity contribution in [3.05, 3.63) is 77.3 Å². The Bertz CT molecular complexity index is 1540. The number of nitrogens with zero attached hydrogens (tertiary/aromatic N) is 1. The van der Waals surface area contributed by atoms with Crippen LogP contribution in [0.4, 0.5) is 11.4 Å². The smallest absolute Gasteiger partial charge is 0.262 e. The minimum atomic E-state index is -4.00. The number of halogens is 1. The molecule has 0 aromatic heterocycles. The summed E-state index contributed by atoms with van der Waals surface area (Å²) in [5.74, 6) is -0.0790. The van der Waals surface area contributed by atoms with Gasteiger partial charge in [-0.05, 0) is 54.4 Å². The fourth-order valence-corrected chi connectivity index (χ4v) is 6.69. The number of hydrogen-bond acceptors (Lipinski definition) is 7. The van der Waals surface area contributed by atoms with Crippen molar-refractivity contribution in [2.45, 2.75) is 22.6 Å². The van der Waals surface area contributed by atoms with Gasteiger partial charge in [0, 0.05) is 19.5 Å². The van der Waals surface area contributed by atoms with Crippen LogP contribution >= 0.6 is 11.6 Å². The summed E-state index contributed by atoms with van der Waals surface area (Å²) in [6, 6.07) is 17.0. The number of aryl methyl sites for hydroxylation is 1. The molecule has 1 amide bonds. The van der Waals surface area contributed by atoms with E-state index in [9.17, 15) is 21.6 Å². The molecule has 4 rings (SSSR count). The highest BCUT2D eigenvalue weighted by Gasteiger charge is 2.26. The molecule has 1 heterocycles. The fraction of sp³-hybridized carbons (Fsp3) is 0.269. The first-order valence-corrected chi connectivity index (χ1v) is 15.3. The molecule has 2 N–H and O–H groups in total. The first kappa shape index (κ1) is 28.8. The molecule has 1 fully saturated rings. The summed E-state index contributed by atoms with van der Waals surface area (Å²) in [6.07, 6.45) is 0.422. The van der Waals surface area contributed by atoms with Gasteiger partial charge in [0.2, 0.25) is 15.9 Å². The van der Waals surface area contributed by atoms with E-state index >= 15 is 0 Å². The molecule has 0 bridgehead atoms. The molecule has 0 saturated carbocycles. The largest absolute Gasteiger partial charge is 0.495 e. The topological polar surface area (TPSA) is 131 Å². The van der Waals surface area contributed by atoms with Gasteiger partial charge in [-0.3, -0.25) is 9.52 Å². The lowest BCUT2D eigenvalue weighted by molar-refractivity contribution is -0.116. The number of carbonyl (C=O) groups excluding carboxylic acids is 1. The molecule has 1 saturated heterocycles. The Kier molecular flexibility index (Phi) is 9.13. The number of amides is 1. The predicted octanol–water partition coefficient (Wildman–Crippen LogP) is 3.74. The van der Waals surface area contributed by atoms with Gasteiger partial charge in [-0.25, -0.2) is 16.8 Å². The second-order valence-corrected chi connectivity index (χ2v) is 12.7. The minimum absolute atomic E-state index is 0.0770. The first-order chi connectivity index (χ1) is 18.6. The highest BCUT2D eigenvalue weighted by molar-refractivity contribution is 7.92. The Balaban J connectivity index is 1.41. The molecule has 0 atom stereocenters. The van der Waals surface area contributed by atoms with E-state index in [1.807, 2.05) is 0 Å². The fourth-order valence-electron chi connectivity index (χ4n) is 3.93. The summed E-state index contributed by atoms with van der Waals surface area (Å²) >= 11 is 6.08. The van der Waals surface area contributed by atoms with Gasteiger partial charge >= 0.3 is 0 Å². The second-order valence-electron chi connectivity index (χ2n) is 8.66. The second kappa shape index (κ2) is 12.3. The zero-order valence-electron chi connectivity index (χ0n) is 21.1. The lowest BCUT2D eigenvalue weighted by Gasteiger charge is -2.26.